The van der Waals surface area contributed by atoms with Crippen LogP contribution >= 0.6 is 0 Å². The first-order valence-corrected chi connectivity index (χ1v) is 8.68. The predicted molar refractivity (Wildman–Crippen MR) is 77.8 cm³/mol. The van der Waals surface area contributed by atoms with E-state index >= 15 is 0 Å². The highest BCUT2D eigenvalue weighted by Crippen LogP contribution is 2.31. The minimum Gasteiger partial charge on any atom is -0.348 e. The van der Waals surface area contributed by atoms with Gasteiger partial charge >= 0.3 is 0 Å². The van der Waals surface area contributed by atoms with E-state index in [4.69, 9.17) is 0 Å². The third-order valence-electron chi connectivity index (χ3n) is 4.60. The van der Waals surface area contributed by atoms with E-state index in [1.165, 1.54) is 16.1 Å². The summed E-state index contributed by atoms with van der Waals surface area (Å²) < 4.78 is 26.6. The number of nitrogens with one attached hydrogen (secondary N) is 1. The van der Waals surface area contributed by atoms with Crippen molar-refractivity contribution in [2.75, 3.05) is 21.1 Å². The molecule has 116 valence electrons. The van der Waals surface area contributed by atoms with Crippen molar-refractivity contribution in [3.63, 3.8) is 0 Å². The van der Waals surface area contributed by atoms with E-state index in [0.717, 1.165) is 25.7 Å². The SMILES string of the molecule is CC(C(=O)N(C)C)S(=O)(=O)N(C)C1CC2CCC(C1)N2. The lowest BCUT2D eigenvalue weighted by Gasteiger charge is -2.36. The van der Waals surface area contributed by atoms with Gasteiger partial charge in [0.15, 0.2) is 5.25 Å². The zero-order chi connectivity index (χ0) is 15.1. The molecule has 0 aromatic rings. The second kappa shape index (κ2) is 5.61. The Hall–Kier alpha value is -0.660. The number of fused-ring (bicyclic) bond motifs is 2. The topological polar surface area (TPSA) is 69.7 Å². The van der Waals surface area contributed by atoms with E-state index in [2.05, 4.69) is 5.32 Å². The molecular weight excluding hydrogens is 278 g/mol. The molecule has 0 spiro atoms. The van der Waals surface area contributed by atoms with E-state index in [1.807, 2.05) is 0 Å². The zero-order valence-corrected chi connectivity index (χ0v) is 13.5. The molecule has 2 aliphatic rings. The Morgan fingerprint density at radius 2 is 1.65 bits per heavy atom. The number of hydrogen-bond donors (Lipinski definition) is 1. The molecule has 1 amide bonds. The van der Waals surface area contributed by atoms with Crippen LogP contribution in [0.15, 0.2) is 0 Å². The largest absolute Gasteiger partial charge is 0.348 e. The highest BCUT2D eigenvalue weighted by molar-refractivity contribution is 7.90. The van der Waals surface area contributed by atoms with E-state index in [9.17, 15) is 13.2 Å². The van der Waals surface area contributed by atoms with Crippen molar-refractivity contribution in [1.29, 1.82) is 0 Å². The minimum absolute atomic E-state index is 0.0103. The maximum absolute atomic E-state index is 12.6. The standard InChI is InChI=1S/C13H25N3O3S/c1-9(13(17)15(2)3)20(18,19)16(4)12-7-10-5-6-11(8-12)14-10/h9-12,14H,5-8H2,1-4H3. The van der Waals surface area contributed by atoms with E-state index < -0.39 is 15.3 Å². The van der Waals surface area contributed by atoms with Crippen molar-refractivity contribution < 1.29 is 13.2 Å². The lowest BCUT2D eigenvalue weighted by molar-refractivity contribution is -0.128. The molecule has 2 aliphatic heterocycles. The highest BCUT2D eigenvalue weighted by atomic mass is 32.2. The second-order valence-electron chi connectivity index (χ2n) is 6.20. The van der Waals surface area contributed by atoms with Crippen molar-refractivity contribution in [2.45, 2.75) is 56.0 Å². The molecule has 3 unspecified atom stereocenters. The van der Waals surface area contributed by atoms with E-state index in [-0.39, 0.29) is 11.9 Å². The number of carbonyl (C=O) groups excluding carboxylic acids is 1. The van der Waals surface area contributed by atoms with Crippen LogP contribution < -0.4 is 5.32 Å². The second-order valence-corrected chi connectivity index (χ2v) is 8.51. The Morgan fingerprint density at radius 3 is 2.10 bits per heavy atom. The molecule has 0 aliphatic carbocycles. The predicted octanol–water partition coefficient (Wildman–Crippen LogP) is 0.00770. The number of hydrogen-bond acceptors (Lipinski definition) is 4. The van der Waals surface area contributed by atoms with Gasteiger partial charge in [0.2, 0.25) is 15.9 Å². The van der Waals surface area contributed by atoms with Gasteiger partial charge in [-0.3, -0.25) is 4.79 Å². The molecule has 1 N–H and O–H groups in total. The van der Waals surface area contributed by atoms with Gasteiger partial charge in [-0.05, 0) is 32.6 Å². The summed E-state index contributed by atoms with van der Waals surface area (Å²) in [5, 5.41) is 2.48. The molecule has 0 aromatic heterocycles. The van der Waals surface area contributed by atoms with Gasteiger partial charge in [-0.1, -0.05) is 0 Å². The molecule has 7 heteroatoms. The van der Waals surface area contributed by atoms with Crippen molar-refractivity contribution in [3.8, 4) is 0 Å². The minimum atomic E-state index is -3.59. The summed E-state index contributed by atoms with van der Waals surface area (Å²) in [7, 11) is 1.19. The Balaban J connectivity index is 2.11. The molecular formula is C13H25N3O3S. The molecule has 3 atom stereocenters. The third kappa shape index (κ3) is 2.84. The summed E-state index contributed by atoms with van der Waals surface area (Å²) in [6, 6.07) is 0.865. The summed E-state index contributed by atoms with van der Waals surface area (Å²) >= 11 is 0. The van der Waals surface area contributed by atoms with Gasteiger partial charge in [0.1, 0.15) is 0 Å². The van der Waals surface area contributed by atoms with Crippen molar-refractivity contribution in [1.82, 2.24) is 14.5 Å². The van der Waals surface area contributed by atoms with Crippen LogP contribution in [-0.4, -0.2) is 68.0 Å². The Kier molecular flexibility index (Phi) is 4.41. The molecule has 2 heterocycles. The van der Waals surface area contributed by atoms with E-state index in [0.29, 0.717) is 12.1 Å². The van der Waals surface area contributed by atoms with Crippen LogP contribution in [0.1, 0.15) is 32.6 Å². The molecule has 2 bridgehead atoms. The van der Waals surface area contributed by atoms with Crippen LogP contribution in [0.25, 0.3) is 0 Å². The number of sulfonamides is 1. The highest BCUT2D eigenvalue weighted by Gasteiger charge is 2.41. The summed E-state index contributed by atoms with van der Waals surface area (Å²) in [5.74, 6) is -0.367. The van der Waals surface area contributed by atoms with Gasteiger partial charge in [0.25, 0.3) is 0 Å². The van der Waals surface area contributed by atoms with Gasteiger partial charge < -0.3 is 10.2 Å². The first-order chi connectivity index (χ1) is 9.23. The maximum atomic E-state index is 12.6. The summed E-state index contributed by atoms with van der Waals surface area (Å²) in [4.78, 5) is 13.3. The van der Waals surface area contributed by atoms with Crippen LogP contribution in [0.2, 0.25) is 0 Å². The Morgan fingerprint density at radius 1 is 1.15 bits per heavy atom. The summed E-state index contributed by atoms with van der Waals surface area (Å²) in [5.41, 5.74) is 0. The summed E-state index contributed by atoms with van der Waals surface area (Å²) in [6.45, 7) is 1.48. The average molecular weight is 303 g/mol. The monoisotopic (exact) mass is 303 g/mol. The third-order valence-corrected chi connectivity index (χ3v) is 6.80. The van der Waals surface area contributed by atoms with Crippen LogP contribution in [-0.2, 0) is 14.8 Å². The number of carbonyl (C=O) groups is 1. The maximum Gasteiger partial charge on any atom is 0.241 e. The van der Waals surface area contributed by atoms with E-state index in [1.54, 1.807) is 21.1 Å². The average Bonchev–Trinajstić information content (AvgIpc) is 2.74. The van der Waals surface area contributed by atoms with Crippen molar-refractivity contribution in [3.05, 3.63) is 0 Å². The molecule has 2 rings (SSSR count). The van der Waals surface area contributed by atoms with Crippen LogP contribution in [0.3, 0.4) is 0 Å². The molecule has 6 nitrogen and oxygen atoms in total. The number of piperidine rings is 1. The molecule has 0 aromatic carbocycles. The van der Waals surface area contributed by atoms with Crippen LogP contribution in [0.5, 0.6) is 0 Å². The number of nitrogens with zero attached hydrogens (tertiary/aromatic N) is 2. The zero-order valence-electron chi connectivity index (χ0n) is 12.7. The molecule has 2 saturated heterocycles. The fourth-order valence-corrected chi connectivity index (χ4v) is 4.82. The van der Waals surface area contributed by atoms with Gasteiger partial charge in [0.05, 0.1) is 0 Å². The Labute approximate surface area is 121 Å². The van der Waals surface area contributed by atoms with Gasteiger partial charge in [-0.25, -0.2) is 12.7 Å². The smallest absolute Gasteiger partial charge is 0.241 e. The van der Waals surface area contributed by atoms with Gasteiger partial charge in [-0.15, -0.1) is 0 Å². The first kappa shape index (κ1) is 15.7. The summed E-state index contributed by atoms with van der Waals surface area (Å²) in [6.07, 6.45) is 3.94. The normalized spacial score (nSPS) is 31.4. The molecule has 0 radical (unpaired) electrons. The molecule has 2 fully saturated rings. The number of rotatable bonds is 4. The molecule has 0 saturated carbocycles. The van der Waals surface area contributed by atoms with Gasteiger partial charge in [-0.2, -0.15) is 0 Å². The quantitative estimate of drug-likeness (QED) is 0.794. The Bertz CT molecular complexity index is 465. The first-order valence-electron chi connectivity index (χ1n) is 7.17. The number of amides is 1. The fourth-order valence-electron chi connectivity index (χ4n) is 3.27. The van der Waals surface area contributed by atoms with Crippen molar-refractivity contribution in [2.24, 2.45) is 0 Å². The van der Waals surface area contributed by atoms with Crippen LogP contribution in [0.4, 0.5) is 0 Å². The lowest BCUT2D eigenvalue weighted by atomic mass is 10.0. The fraction of sp³-hybridized carbons (Fsp3) is 0.923. The van der Waals surface area contributed by atoms with Crippen molar-refractivity contribution >= 4 is 15.9 Å². The lowest BCUT2D eigenvalue weighted by Crippen LogP contribution is -2.52. The van der Waals surface area contributed by atoms with Gasteiger partial charge in [0, 0.05) is 39.3 Å². The van der Waals surface area contributed by atoms with Crippen LogP contribution in [0, 0.1) is 0 Å². The molecule has 20 heavy (non-hydrogen) atoms.